The molecule has 0 saturated heterocycles. The van der Waals surface area contributed by atoms with E-state index in [1.165, 1.54) is 6.92 Å². The number of carboxylic acids is 2. The van der Waals surface area contributed by atoms with E-state index in [1.54, 1.807) is 0 Å². The third-order valence-corrected chi connectivity index (χ3v) is 0.289. The van der Waals surface area contributed by atoms with Gasteiger partial charge in [-0.3, -0.25) is 0 Å². The first kappa shape index (κ1) is 36.2. The van der Waals surface area contributed by atoms with Crippen LogP contribution in [0.5, 0.6) is 0 Å². The van der Waals surface area contributed by atoms with Crippen molar-refractivity contribution in [3.8, 4) is 0 Å². The fourth-order valence-electron chi connectivity index (χ4n) is 0. The van der Waals surface area contributed by atoms with Crippen LogP contribution in [0.2, 0.25) is 0 Å². The summed E-state index contributed by atoms with van der Waals surface area (Å²) in [5.41, 5.74) is 0. The second kappa shape index (κ2) is 36.8. The minimum Gasteiger partial charge on any atom is -0.554 e. The quantitative estimate of drug-likeness (QED) is 0.304. The molecule has 0 amide bonds. The summed E-state index contributed by atoms with van der Waals surface area (Å²) in [4.78, 5) is 26.4. The van der Waals surface area contributed by atoms with Gasteiger partial charge in [0.25, 0.3) is 0 Å². The first-order chi connectivity index (χ1) is 5.42. The average Bonchev–Trinajstić information content (AvgIpc) is 1.88. The molecule has 72 valence electrons. The Labute approximate surface area is 124 Å². The molecule has 0 aromatic carbocycles. The molecule has 0 saturated carbocycles. The Morgan fingerprint density at radius 1 is 1.13 bits per heavy atom. The molecule has 0 radical (unpaired) electrons. The van der Waals surface area contributed by atoms with E-state index in [1.807, 2.05) is 0 Å². The Morgan fingerprint density at radius 3 is 1.20 bits per heavy atom. The van der Waals surface area contributed by atoms with Gasteiger partial charge in [-0.1, -0.05) is 6.92 Å². The summed E-state index contributed by atoms with van der Waals surface area (Å²) in [6.45, 7) is 2.01. The molecule has 0 bridgehead atoms. The van der Waals surface area contributed by atoms with Crippen molar-refractivity contribution < 1.29 is 86.3 Å². The number of carbonyl (C=O) groups is 3. The van der Waals surface area contributed by atoms with Crippen molar-refractivity contribution in [2.24, 2.45) is 0 Å². The van der Waals surface area contributed by atoms with Crippen LogP contribution in [0.3, 0.4) is 0 Å². The Bertz CT molecular complexity index is 137. The topological polar surface area (TPSA) is 120 Å². The summed E-state index contributed by atoms with van der Waals surface area (Å²) < 4.78 is 0. The van der Waals surface area contributed by atoms with Crippen molar-refractivity contribution in [1.29, 1.82) is 0 Å². The third kappa shape index (κ3) is 436. The molecule has 0 aromatic rings. The van der Waals surface area contributed by atoms with E-state index in [-0.39, 0.29) is 63.0 Å². The van der Waals surface area contributed by atoms with Crippen LogP contribution in [0.1, 0.15) is 20.3 Å². The Morgan fingerprint density at radius 2 is 1.20 bits per heavy atom. The molecule has 0 aliphatic carbocycles. The van der Waals surface area contributed by atoms with E-state index < -0.39 is 18.4 Å². The molecule has 15 heavy (non-hydrogen) atoms. The number of carbonyl (C=O) groups excluding carboxylic acids is 3. The van der Waals surface area contributed by atoms with Crippen LogP contribution >= 0.6 is 0 Å². The molecule has 0 aliphatic heterocycles. The zero-order chi connectivity index (χ0) is 10.6. The fourth-order valence-corrected chi connectivity index (χ4v) is 0. The van der Waals surface area contributed by atoms with Crippen LogP contribution in [-0.2, 0) is 14.4 Å². The van der Waals surface area contributed by atoms with Crippen molar-refractivity contribution in [2.75, 3.05) is 0 Å². The zero-order valence-corrected chi connectivity index (χ0v) is 9.73. The van der Waals surface area contributed by atoms with Crippen molar-refractivity contribution in [3.05, 3.63) is 0 Å². The normalized spacial score (nSPS) is 4.93. The second-order valence-corrected chi connectivity index (χ2v) is 1.31. The number of carboxylic acid groups (broad SMARTS) is 3. The first-order valence-corrected chi connectivity index (χ1v) is 2.85. The molecule has 0 rings (SSSR count). The van der Waals surface area contributed by atoms with E-state index in [0.717, 1.165) is 6.92 Å². The molecule has 0 fully saturated rings. The molecule has 0 atom stereocenters. The van der Waals surface area contributed by atoms with E-state index in [0.29, 0.717) is 0 Å². The molecular formula is C6H9Li3O6. The van der Waals surface area contributed by atoms with Gasteiger partial charge in [-0.15, -0.1) is 0 Å². The summed E-state index contributed by atoms with van der Waals surface area (Å²) in [5, 5.41) is 26.4. The van der Waals surface area contributed by atoms with E-state index in [2.05, 4.69) is 0 Å². The van der Waals surface area contributed by atoms with Gasteiger partial charge in [0.2, 0.25) is 0 Å². The summed E-state index contributed by atoms with van der Waals surface area (Å²) in [6.07, 6.45) is 0.111. The first-order valence-electron chi connectivity index (χ1n) is 2.85. The van der Waals surface area contributed by atoms with Crippen molar-refractivity contribution in [1.82, 2.24) is 0 Å². The maximum atomic E-state index is 9.26. The smallest absolute Gasteiger partial charge is 0.554 e. The maximum absolute atomic E-state index is 9.26. The SMILES string of the molecule is CC(=O)[O-].CCC(=O)[O-].O=C[O-].[Li+].[Li+].[Li+]. The number of aliphatic carboxylic acids is 2. The number of rotatable bonds is 1. The molecular weight excluding hydrogens is 189 g/mol. The second-order valence-electron chi connectivity index (χ2n) is 1.31. The van der Waals surface area contributed by atoms with Crippen LogP contribution in [0.25, 0.3) is 0 Å². The van der Waals surface area contributed by atoms with Crippen LogP contribution in [-0.4, -0.2) is 18.4 Å². The van der Waals surface area contributed by atoms with Crippen LogP contribution < -0.4 is 71.9 Å². The molecule has 0 aromatic heterocycles. The van der Waals surface area contributed by atoms with Gasteiger partial charge in [0.05, 0.1) is 0 Å². The zero-order valence-electron chi connectivity index (χ0n) is 9.73. The summed E-state index contributed by atoms with van der Waals surface area (Å²) in [5.74, 6) is -2.08. The van der Waals surface area contributed by atoms with Gasteiger partial charge in [-0.05, 0) is 13.3 Å². The maximum Gasteiger partial charge on any atom is 1.00 e. The van der Waals surface area contributed by atoms with Gasteiger partial charge < -0.3 is 29.7 Å². The van der Waals surface area contributed by atoms with Gasteiger partial charge in [0.1, 0.15) is 0 Å². The molecule has 0 N–H and O–H groups in total. The van der Waals surface area contributed by atoms with Gasteiger partial charge in [0, 0.05) is 18.4 Å². The Kier molecular flexibility index (Phi) is 88.8. The minimum atomic E-state index is -1.08. The van der Waals surface area contributed by atoms with Gasteiger partial charge in [0.15, 0.2) is 0 Å². The molecule has 0 spiro atoms. The fraction of sp³-hybridized carbons (Fsp3) is 0.500. The van der Waals surface area contributed by atoms with Crippen molar-refractivity contribution in [2.45, 2.75) is 20.3 Å². The molecule has 6 nitrogen and oxygen atoms in total. The summed E-state index contributed by atoms with van der Waals surface area (Å²) in [6, 6.07) is 0. The Hall–Kier alpha value is 0.202. The van der Waals surface area contributed by atoms with Crippen LogP contribution in [0.4, 0.5) is 0 Å². The standard InChI is InChI=1S/C3H6O2.C2H4O2.CH2O2.3Li/c1-2-3(4)5;1-2(3)4;2-1-3;;;/h2H2,1H3,(H,4,5);1H3,(H,3,4);1H,(H,2,3);;;/q;;;3*+1/p-3. The predicted octanol–water partition coefficient (Wildman–Crippen LogP) is -12.7. The average molecular weight is 198 g/mol. The number of hydrogen-bond donors (Lipinski definition) is 0. The summed E-state index contributed by atoms with van der Waals surface area (Å²) >= 11 is 0. The largest absolute Gasteiger partial charge is 1.00 e. The molecule has 9 heteroatoms. The van der Waals surface area contributed by atoms with Gasteiger partial charge >= 0.3 is 56.6 Å². The van der Waals surface area contributed by atoms with E-state index >= 15 is 0 Å². The van der Waals surface area contributed by atoms with Crippen molar-refractivity contribution in [3.63, 3.8) is 0 Å². The number of hydrogen-bond acceptors (Lipinski definition) is 6. The third-order valence-electron chi connectivity index (χ3n) is 0.289. The predicted molar refractivity (Wildman–Crippen MR) is 32.0 cm³/mol. The Balaban J connectivity index is -0.0000000189. The molecule has 0 unspecified atom stereocenters. The minimum absolute atomic E-state index is 0. The monoisotopic (exact) mass is 198 g/mol. The summed E-state index contributed by atoms with van der Waals surface area (Å²) in [7, 11) is 0. The van der Waals surface area contributed by atoms with Crippen molar-refractivity contribution >= 4 is 18.4 Å². The van der Waals surface area contributed by atoms with Crippen LogP contribution in [0, 0.1) is 0 Å². The molecule has 0 heterocycles. The molecule has 0 aliphatic rings. The van der Waals surface area contributed by atoms with E-state index in [9.17, 15) is 9.90 Å². The van der Waals surface area contributed by atoms with Crippen LogP contribution in [0.15, 0.2) is 0 Å². The van der Waals surface area contributed by atoms with Gasteiger partial charge in [-0.2, -0.15) is 0 Å². The van der Waals surface area contributed by atoms with E-state index in [4.69, 9.17) is 19.8 Å². The van der Waals surface area contributed by atoms with Gasteiger partial charge in [-0.25, -0.2) is 0 Å².